The second kappa shape index (κ2) is 10.1. The second-order valence-corrected chi connectivity index (χ2v) is 8.72. The lowest BCUT2D eigenvalue weighted by atomic mass is 10.0. The first-order valence-corrected chi connectivity index (χ1v) is 11.5. The third kappa shape index (κ3) is 5.41. The maximum Gasteiger partial charge on any atom is 0.255 e. The molecule has 4 rings (SSSR count). The van der Waals surface area contributed by atoms with E-state index in [-0.39, 0.29) is 23.9 Å². The molecule has 1 fully saturated rings. The van der Waals surface area contributed by atoms with Crippen molar-refractivity contribution in [2.45, 2.75) is 45.9 Å². The molecule has 2 aromatic carbocycles. The number of nitrogens with two attached hydrogens (primary N) is 1. The first kappa shape index (κ1) is 23.0. The van der Waals surface area contributed by atoms with Gasteiger partial charge in [0.25, 0.3) is 5.91 Å². The minimum atomic E-state index is -0.236. The Balaban J connectivity index is 1.43. The van der Waals surface area contributed by atoms with Crippen LogP contribution in [0.4, 0.5) is 5.82 Å². The van der Waals surface area contributed by atoms with E-state index >= 15 is 0 Å². The summed E-state index contributed by atoms with van der Waals surface area (Å²) < 4.78 is 6.19. The number of rotatable bonds is 7. The van der Waals surface area contributed by atoms with Gasteiger partial charge in [-0.3, -0.25) is 4.79 Å². The molecule has 0 unspecified atom stereocenters. The van der Waals surface area contributed by atoms with Crippen molar-refractivity contribution < 1.29 is 9.53 Å². The predicted molar refractivity (Wildman–Crippen MR) is 132 cm³/mol. The fourth-order valence-electron chi connectivity index (χ4n) is 4.18. The van der Waals surface area contributed by atoms with Gasteiger partial charge in [0.1, 0.15) is 5.82 Å². The molecule has 1 aliphatic heterocycles. The number of pyridine rings is 1. The van der Waals surface area contributed by atoms with E-state index < -0.39 is 0 Å². The first-order chi connectivity index (χ1) is 15.9. The van der Waals surface area contributed by atoms with E-state index in [9.17, 15) is 4.79 Å². The van der Waals surface area contributed by atoms with Crippen LogP contribution in [0.5, 0.6) is 0 Å². The summed E-state index contributed by atoms with van der Waals surface area (Å²) >= 11 is 0. The van der Waals surface area contributed by atoms with E-state index in [1.807, 2.05) is 31.2 Å². The van der Waals surface area contributed by atoms with Crippen molar-refractivity contribution in [2.24, 2.45) is 0 Å². The van der Waals surface area contributed by atoms with Gasteiger partial charge in [-0.1, -0.05) is 55.0 Å². The summed E-state index contributed by atoms with van der Waals surface area (Å²) in [5, 5.41) is 6.41. The van der Waals surface area contributed by atoms with Gasteiger partial charge in [0, 0.05) is 24.8 Å². The number of carbonyl (C=O) groups is 1. The van der Waals surface area contributed by atoms with Crippen LogP contribution >= 0.6 is 0 Å². The Morgan fingerprint density at radius 2 is 1.91 bits per heavy atom. The number of anilines is 1. The molecule has 0 spiro atoms. The number of hydrogen-bond acceptors (Lipinski definition) is 5. The Morgan fingerprint density at radius 1 is 1.12 bits per heavy atom. The van der Waals surface area contributed by atoms with Gasteiger partial charge in [0.05, 0.1) is 24.3 Å². The highest BCUT2D eigenvalue weighted by Crippen LogP contribution is 2.23. The average molecular weight is 445 g/mol. The molecule has 33 heavy (non-hydrogen) atoms. The lowest BCUT2D eigenvalue weighted by molar-refractivity contribution is 0.0357. The summed E-state index contributed by atoms with van der Waals surface area (Å²) in [6.45, 7) is 8.18. The van der Waals surface area contributed by atoms with Crippen molar-refractivity contribution in [3.8, 4) is 11.1 Å². The Morgan fingerprint density at radius 3 is 2.67 bits per heavy atom. The fourth-order valence-corrected chi connectivity index (χ4v) is 4.18. The highest BCUT2D eigenvalue weighted by Gasteiger charge is 2.30. The molecule has 1 amide bonds. The molecular formula is C27H32N4O2. The van der Waals surface area contributed by atoms with E-state index in [0.29, 0.717) is 25.3 Å². The molecule has 0 saturated carbocycles. The Kier molecular flexibility index (Phi) is 7.06. The van der Waals surface area contributed by atoms with Gasteiger partial charge in [0.15, 0.2) is 0 Å². The topological polar surface area (TPSA) is 89.3 Å². The minimum absolute atomic E-state index is 0.116. The average Bonchev–Trinajstić information content (AvgIpc) is 3.26. The number of aromatic nitrogens is 1. The summed E-state index contributed by atoms with van der Waals surface area (Å²) in [5.74, 6) is -0.0154. The lowest BCUT2D eigenvalue weighted by Gasteiger charge is -2.21. The predicted octanol–water partition coefficient (Wildman–Crippen LogP) is 3.80. The summed E-state index contributed by atoms with van der Waals surface area (Å²) in [6.07, 6.45) is 2.58. The van der Waals surface area contributed by atoms with Crippen LogP contribution in [0, 0.1) is 13.8 Å². The third-order valence-corrected chi connectivity index (χ3v) is 6.28. The number of nitrogens with zero attached hydrogens (tertiary/aromatic N) is 1. The summed E-state index contributed by atoms with van der Waals surface area (Å²) in [4.78, 5) is 17.3. The maximum atomic E-state index is 13.1. The number of nitrogens with one attached hydrogen (secondary N) is 2. The number of ether oxygens (including phenoxy) is 1. The molecule has 0 aliphatic carbocycles. The van der Waals surface area contributed by atoms with Gasteiger partial charge in [-0.25, -0.2) is 4.98 Å². The lowest BCUT2D eigenvalue weighted by Crippen LogP contribution is -2.44. The zero-order valence-corrected chi connectivity index (χ0v) is 19.5. The summed E-state index contributed by atoms with van der Waals surface area (Å²) in [5.41, 5.74) is 13.2. The zero-order chi connectivity index (χ0) is 23.4. The van der Waals surface area contributed by atoms with Crippen molar-refractivity contribution in [1.29, 1.82) is 0 Å². The van der Waals surface area contributed by atoms with E-state index in [1.165, 1.54) is 16.7 Å². The molecule has 4 N–H and O–H groups in total. The van der Waals surface area contributed by atoms with Crippen LogP contribution < -0.4 is 16.4 Å². The van der Waals surface area contributed by atoms with Crippen LogP contribution in [0.3, 0.4) is 0 Å². The number of benzene rings is 2. The number of aryl methyl sites for hydroxylation is 3. The third-order valence-electron chi connectivity index (χ3n) is 6.28. The molecule has 1 aliphatic rings. The van der Waals surface area contributed by atoms with E-state index in [2.05, 4.69) is 47.7 Å². The second-order valence-electron chi connectivity index (χ2n) is 8.72. The van der Waals surface area contributed by atoms with Crippen molar-refractivity contribution in [3.63, 3.8) is 0 Å². The van der Waals surface area contributed by atoms with Crippen LogP contribution in [0.25, 0.3) is 11.1 Å². The highest BCUT2D eigenvalue weighted by molar-refractivity contribution is 5.99. The van der Waals surface area contributed by atoms with Gasteiger partial charge < -0.3 is 21.1 Å². The van der Waals surface area contributed by atoms with Gasteiger partial charge in [0.2, 0.25) is 0 Å². The molecule has 3 aromatic rings. The molecular weight excluding hydrogens is 412 g/mol. The van der Waals surface area contributed by atoms with Gasteiger partial charge in [-0.2, -0.15) is 0 Å². The standard InChI is InChI=1S/C27H32N4O2/c1-4-20-11-19(8-7-18(20)3)16-33-25-15-29-14-24(25)31-27(32)23-12-22(13-30-26(23)28)21-9-5-17(2)6-10-21/h5-13,24-25,29H,4,14-16H2,1-3H3,(H2,28,30)(H,31,32)/t24-,25-/m0/s1. The normalized spacial score (nSPS) is 17.8. The Hall–Kier alpha value is -3.22. The molecule has 0 radical (unpaired) electrons. The van der Waals surface area contributed by atoms with Crippen LogP contribution in [0.2, 0.25) is 0 Å². The molecule has 172 valence electrons. The number of carbonyl (C=O) groups excluding carboxylic acids is 1. The monoisotopic (exact) mass is 444 g/mol. The van der Waals surface area contributed by atoms with Gasteiger partial charge in [-0.05, 0) is 48.6 Å². The summed E-state index contributed by atoms with van der Waals surface area (Å²) in [7, 11) is 0. The Bertz CT molecular complexity index is 1130. The van der Waals surface area contributed by atoms with Crippen LogP contribution in [0.15, 0.2) is 54.7 Å². The molecule has 2 heterocycles. The SMILES string of the molecule is CCc1cc(CO[C@H]2CNC[C@@H]2NC(=O)c2cc(-c3ccc(C)cc3)cnc2N)ccc1C. The fraction of sp³-hybridized carbons (Fsp3) is 0.333. The maximum absolute atomic E-state index is 13.1. The summed E-state index contributed by atoms with van der Waals surface area (Å²) in [6, 6.07) is 16.2. The highest BCUT2D eigenvalue weighted by atomic mass is 16.5. The van der Waals surface area contributed by atoms with Crippen molar-refractivity contribution >= 4 is 11.7 Å². The van der Waals surface area contributed by atoms with Crippen LogP contribution in [0.1, 0.15) is 39.5 Å². The van der Waals surface area contributed by atoms with Crippen molar-refractivity contribution in [1.82, 2.24) is 15.6 Å². The smallest absolute Gasteiger partial charge is 0.255 e. The molecule has 0 bridgehead atoms. The molecule has 2 atom stereocenters. The number of nitrogen functional groups attached to an aromatic ring is 1. The molecule has 1 aromatic heterocycles. The Labute approximate surface area is 195 Å². The molecule has 6 nitrogen and oxygen atoms in total. The largest absolute Gasteiger partial charge is 0.383 e. The number of amides is 1. The van der Waals surface area contributed by atoms with E-state index in [4.69, 9.17) is 10.5 Å². The molecule has 1 saturated heterocycles. The first-order valence-electron chi connectivity index (χ1n) is 11.5. The van der Waals surface area contributed by atoms with Crippen molar-refractivity contribution in [2.75, 3.05) is 18.8 Å². The van der Waals surface area contributed by atoms with Gasteiger partial charge >= 0.3 is 0 Å². The quantitative estimate of drug-likeness (QED) is 0.516. The van der Waals surface area contributed by atoms with Crippen LogP contribution in [-0.2, 0) is 17.8 Å². The minimum Gasteiger partial charge on any atom is -0.383 e. The van der Waals surface area contributed by atoms with Crippen LogP contribution in [-0.4, -0.2) is 36.1 Å². The molecule has 6 heteroatoms. The van der Waals surface area contributed by atoms with E-state index in [0.717, 1.165) is 23.1 Å². The number of hydrogen-bond donors (Lipinski definition) is 3. The zero-order valence-electron chi connectivity index (χ0n) is 19.5. The van der Waals surface area contributed by atoms with E-state index in [1.54, 1.807) is 12.3 Å². The van der Waals surface area contributed by atoms with Crippen molar-refractivity contribution in [3.05, 3.63) is 82.5 Å². The van der Waals surface area contributed by atoms with Gasteiger partial charge in [-0.15, -0.1) is 0 Å².